The highest BCUT2D eigenvalue weighted by Gasteiger charge is 2.12. The normalized spacial score (nSPS) is 10.8. The van der Waals surface area contributed by atoms with Crippen molar-refractivity contribution in [1.82, 2.24) is 19.3 Å². The van der Waals surface area contributed by atoms with Crippen LogP contribution in [0.1, 0.15) is 12.0 Å². The molecule has 0 aliphatic heterocycles. The highest BCUT2D eigenvalue weighted by molar-refractivity contribution is 5.92. The quantitative estimate of drug-likeness (QED) is 0.705. The van der Waals surface area contributed by atoms with Crippen LogP contribution in [0.3, 0.4) is 0 Å². The molecule has 1 N–H and O–H groups in total. The standard InChI is InChI=1S/C18H21N5O4/c1-11-7-14(26-3)15(27-4)8-13(11)21-16(24)5-6-23-10-19-17-12(18(23)25)9-20-22(17)2/h7-10H,5-6H2,1-4H3,(H,21,24). The SMILES string of the molecule is COc1cc(C)c(NC(=O)CCn2cnc3c(cnn3C)c2=O)cc1OC. The molecule has 9 heteroatoms. The lowest BCUT2D eigenvalue weighted by Gasteiger charge is -2.14. The highest BCUT2D eigenvalue weighted by Crippen LogP contribution is 2.32. The van der Waals surface area contributed by atoms with Gasteiger partial charge in [0.1, 0.15) is 5.39 Å². The first-order valence-electron chi connectivity index (χ1n) is 8.34. The molecule has 2 aromatic heterocycles. The highest BCUT2D eigenvalue weighted by atomic mass is 16.5. The lowest BCUT2D eigenvalue weighted by atomic mass is 10.1. The molecule has 0 spiro atoms. The van der Waals surface area contributed by atoms with Crippen molar-refractivity contribution in [2.75, 3.05) is 19.5 Å². The molecule has 3 aromatic rings. The van der Waals surface area contributed by atoms with Gasteiger partial charge in [0, 0.05) is 31.8 Å². The molecule has 0 aliphatic carbocycles. The van der Waals surface area contributed by atoms with E-state index in [4.69, 9.17) is 9.47 Å². The number of carbonyl (C=O) groups is 1. The molecular weight excluding hydrogens is 350 g/mol. The van der Waals surface area contributed by atoms with Gasteiger partial charge >= 0.3 is 0 Å². The van der Waals surface area contributed by atoms with Gasteiger partial charge in [-0.25, -0.2) is 4.98 Å². The lowest BCUT2D eigenvalue weighted by Crippen LogP contribution is -2.23. The summed E-state index contributed by atoms with van der Waals surface area (Å²) in [5, 5.41) is 7.30. The predicted octanol–water partition coefficient (Wildman–Crippen LogP) is 1.48. The number of aromatic nitrogens is 4. The van der Waals surface area contributed by atoms with Crippen molar-refractivity contribution in [2.24, 2.45) is 7.05 Å². The van der Waals surface area contributed by atoms with E-state index >= 15 is 0 Å². The van der Waals surface area contributed by atoms with Crippen LogP contribution in [0.15, 0.2) is 29.5 Å². The number of nitrogens with zero attached hydrogens (tertiary/aromatic N) is 4. The molecule has 9 nitrogen and oxygen atoms in total. The number of hydrogen-bond acceptors (Lipinski definition) is 6. The third-order valence-electron chi connectivity index (χ3n) is 4.30. The maximum absolute atomic E-state index is 12.4. The van der Waals surface area contributed by atoms with Crippen molar-refractivity contribution >= 4 is 22.6 Å². The molecule has 0 saturated heterocycles. The van der Waals surface area contributed by atoms with Gasteiger partial charge < -0.3 is 14.8 Å². The molecule has 0 atom stereocenters. The van der Waals surface area contributed by atoms with E-state index in [9.17, 15) is 9.59 Å². The van der Waals surface area contributed by atoms with Crippen LogP contribution in [0.4, 0.5) is 5.69 Å². The Morgan fingerprint density at radius 1 is 1.22 bits per heavy atom. The molecule has 2 heterocycles. The van der Waals surface area contributed by atoms with E-state index in [1.807, 2.05) is 6.92 Å². The minimum Gasteiger partial charge on any atom is -0.493 e. The number of nitrogens with one attached hydrogen (secondary N) is 1. The second-order valence-electron chi connectivity index (χ2n) is 6.07. The molecule has 27 heavy (non-hydrogen) atoms. The van der Waals surface area contributed by atoms with Gasteiger partial charge in [0.2, 0.25) is 5.91 Å². The van der Waals surface area contributed by atoms with Crippen molar-refractivity contribution in [3.63, 3.8) is 0 Å². The van der Waals surface area contributed by atoms with E-state index in [-0.39, 0.29) is 24.4 Å². The molecule has 0 radical (unpaired) electrons. The Bertz CT molecular complexity index is 1050. The number of benzene rings is 1. The van der Waals surface area contributed by atoms with Crippen LogP contribution in [0.2, 0.25) is 0 Å². The number of carbonyl (C=O) groups excluding carboxylic acids is 1. The molecule has 0 unspecified atom stereocenters. The average Bonchev–Trinajstić information content (AvgIpc) is 3.04. The molecule has 1 amide bonds. The zero-order valence-corrected chi connectivity index (χ0v) is 15.6. The molecule has 0 fully saturated rings. The Labute approximate surface area is 155 Å². The van der Waals surface area contributed by atoms with E-state index in [1.165, 1.54) is 28.9 Å². The minimum absolute atomic E-state index is 0.126. The molecule has 0 bridgehead atoms. The van der Waals surface area contributed by atoms with Gasteiger partial charge in [0.05, 0.1) is 26.7 Å². The number of hydrogen-bond donors (Lipinski definition) is 1. The topological polar surface area (TPSA) is 100 Å². The lowest BCUT2D eigenvalue weighted by molar-refractivity contribution is -0.116. The van der Waals surface area contributed by atoms with Crippen LogP contribution in [0.5, 0.6) is 11.5 Å². The second-order valence-corrected chi connectivity index (χ2v) is 6.07. The maximum atomic E-state index is 12.4. The number of rotatable bonds is 6. The van der Waals surface area contributed by atoms with Crippen LogP contribution in [0, 0.1) is 6.92 Å². The first-order valence-corrected chi connectivity index (χ1v) is 8.34. The van der Waals surface area contributed by atoms with Gasteiger partial charge in [-0.05, 0) is 18.6 Å². The average molecular weight is 371 g/mol. The van der Waals surface area contributed by atoms with E-state index in [2.05, 4.69) is 15.4 Å². The van der Waals surface area contributed by atoms with E-state index < -0.39 is 0 Å². The summed E-state index contributed by atoms with van der Waals surface area (Å²) in [5.41, 5.74) is 1.77. The number of fused-ring (bicyclic) bond motifs is 1. The monoisotopic (exact) mass is 371 g/mol. The zero-order chi connectivity index (χ0) is 19.6. The summed E-state index contributed by atoms with van der Waals surface area (Å²) >= 11 is 0. The van der Waals surface area contributed by atoms with Crippen molar-refractivity contribution < 1.29 is 14.3 Å². The van der Waals surface area contributed by atoms with Crippen molar-refractivity contribution in [3.8, 4) is 11.5 Å². The Balaban J connectivity index is 1.72. The van der Waals surface area contributed by atoms with Crippen molar-refractivity contribution in [1.29, 1.82) is 0 Å². The first kappa shape index (κ1) is 18.4. The van der Waals surface area contributed by atoms with E-state index in [0.717, 1.165) is 5.56 Å². The fourth-order valence-electron chi connectivity index (χ4n) is 2.78. The molecule has 1 aromatic carbocycles. The number of methoxy groups -OCH3 is 2. The Hall–Kier alpha value is -3.36. The molecule has 0 saturated carbocycles. The Morgan fingerprint density at radius 3 is 2.63 bits per heavy atom. The molecule has 3 rings (SSSR count). The molecule has 0 aliphatic rings. The minimum atomic E-state index is -0.219. The molecular formula is C18H21N5O4. The smallest absolute Gasteiger partial charge is 0.264 e. The first-order chi connectivity index (χ1) is 12.9. The summed E-state index contributed by atoms with van der Waals surface area (Å²) in [6, 6.07) is 3.50. The van der Waals surface area contributed by atoms with Crippen molar-refractivity contribution in [3.05, 3.63) is 40.6 Å². The zero-order valence-electron chi connectivity index (χ0n) is 15.6. The fraction of sp³-hybridized carbons (Fsp3) is 0.333. The van der Waals surface area contributed by atoms with Crippen LogP contribution >= 0.6 is 0 Å². The second kappa shape index (κ2) is 7.48. The molecule has 142 valence electrons. The maximum Gasteiger partial charge on any atom is 0.264 e. The largest absolute Gasteiger partial charge is 0.493 e. The van der Waals surface area contributed by atoms with Gasteiger partial charge in [-0.15, -0.1) is 0 Å². The summed E-state index contributed by atoms with van der Waals surface area (Å²) < 4.78 is 13.4. The summed E-state index contributed by atoms with van der Waals surface area (Å²) in [4.78, 5) is 29.0. The van der Waals surface area contributed by atoms with Gasteiger partial charge in [0.25, 0.3) is 5.56 Å². The number of aryl methyl sites for hydroxylation is 3. The summed E-state index contributed by atoms with van der Waals surface area (Å²) in [5.74, 6) is 0.903. The van der Waals surface area contributed by atoms with Crippen LogP contribution in [-0.4, -0.2) is 39.5 Å². The van der Waals surface area contributed by atoms with E-state index in [1.54, 1.807) is 26.3 Å². The van der Waals surface area contributed by atoms with Gasteiger partial charge in [-0.3, -0.25) is 18.8 Å². The summed E-state index contributed by atoms with van der Waals surface area (Å²) in [6.07, 6.45) is 3.04. The van der Waals surface area contributed by atoms with Crippen LogP contribution < -0.4 is 20.3 Å². The van der Waals surface area contributed by atoms with Crippen LogP contribution in [-0.2, 0) is 18.4 Å². The third-order valence-corrected chi connectivity index (χ3v) is 4.30. The van der Waals surface area contributed by atoms with Gasteiger partial charge in [-0.1, -0.05) is 0 Å². The Kier molecular flexibility index (Phi) is 5.11. The van der Waals surface area contributed by atoms with Crippen LogP contribution in [0.25, 0.3) is 11.0 Å². The van der Waals surface area contributed by atoms with E-state index in [0.29, 0.717) is 28.2 Å². The summed E-state index contributed by atoms with van der Waals surface area (Å²) in [6.45, 7) is 2.08. The van der Waals surface area contributed by atoms with Gasteiger partial charge in [0.15, 0.2) is 17.1 Å². The van der Waals surface area contributed by atoms with Crippen molar-refractivity contribution in [2.45, 2.75) is 19.9 Å². The van der Waals surface area contributed by atoms with Gasteiger partial charge in [-0.2, -0.15) is 5.10 Å². The third kappa shape index (κ3) is 3.62. The number of amides is 1. The fourth-order valence-corrected chi connectivity index (χ4v) is 2.78. The number of ether oxygens (including phenoxy) is 2. The number of anilines is 1. The summed E-state index contributed by atoms with van der Waals surface area (Å²) in [7, 11) is 4.81. The predicted molar refractivity (Wildman–Crippen MR) is 100 cm³/mol. The Morgan fingerprint density at radius 2 is 1.93 bits per heavy atom.